The molecule has 13 heavy (non-hydrogen) atoms. The van der Waals surface area contributed by atoms with Crippen molar-refractivity contribution < 1.29 is 13.5 Å². The number of hydrogen-bond donors (Lipinski definition) is 2. The molecule has 0 radical (unpaired) electrons. The number of nitrogens with one attached hydrogen (secondary N) is 1. The summed E-state index contributed by atoms with van der Waals surface area (Å²) in [4.78, 5) is 0. The molecule has 1 rings (SSSR count). The average Bonchev–Trinajstić information content (AvgIpc) is 2.53. The molecule has 0 spiro atoms. The third-order valence-electron chi connectivity index (χ3n) is 2.32. The number of sulfonamides is 1. The molecule has 1 unspecified atom stereocenters. The summed E-state index contributed by atoms with van der Waals surface area (Å²) in [5.74, 6) is 0. The standard InChI is InChI=1S/C8H17NO3S/c1-7(10)6-9-13(11,12)8-4-2-3-5-8/h7-10H,2-6H2,1H3. The van der Waals surface area contributed by atoms with Crippen LogP contribution in [0.3, 0.4) is 0 Å². The highest BCUT2D eigenvalue weighted by molar-refractivity contribution is 7.90. The van der Waals surface area contributed by atoms with Crippen molar-refractivity contribution in [3.05, 3.63) is 0 Å². The van der Waals surface area contributed by atoms with Crippen LogP contribution in [-0.2, 0) is 10.0 Å². The van der Waals surface area contributed by atoms with Crippen molar-refractivity contribution in [3.8, 4) is 0 Å². The van der Waals surface area contributed by atoms with Crippen LogP contribution >= 0.6 is 0 Å². The lowest BCUT2D eigenvalue weighted by Crippen LogP contribution is -2.36. The zero-order valence-corrected chi connectivity index (χ0v) is 8.68. The smallest absolute Gasteiger partial charge is 0.214 e. The molecule has 0 bridgehead atoms. The summed E-state index contributed by atoms with van der Waals surface area (Å²) < 4.78 is 25.5. The lowest BCUT2D eigenvalue weighted by molar-refractivity contribution is 0.198. The monoisotopic (exact) mass is 207 g/mol. The van der Waals surface area contributed by atoms with Crippen molar-refractivity contribution >= 4 is 10.0 Å². The first-order chi connectivity index (χ1) is 6.02. The minimum Gasteiger partial charge on any atom is -0.392 e. The van der Waals surface area contributed by atoms with Crippen molar-refractivity contribution in [2.45, 2.75) is 44.0 Å². The van der Waals surface area contributed by atoms with Crippen LogP contribution in [0.2, 0.25) is 0 Å². The van der Waals surface area contributed by atoms with E-state index in [-0.39, 0.29) is 11.8 Å². The van der Waals surface area contributed by atoms with Gasteiger partial charge in [-0.15, -0.1) is 0 Å². The van der Waals surface area contributed by atoms with Crippen LogP contribution in [-0.4, -0.2) is 31.4 Å². The quantitative estimate of drug-likeness (QED) is 0.693. The molecule has 1 saturated carbocycles. The minimum absolute atomic E-state index is 0.124. The molecule has 1 fully saturated rings. The van der Waals surface area contributed by atoms with E-state index in [0.717, 1.165) is 25.7 Å². The highest BCUT2D eigenvalue weighted by atomic mass is 32.2. The summed E-state index contributed by atoms with van der Waals surface area (Å²) in [6.45, 7) is 1.69. The van der Waals surface area contributed by atoms with E-state index in [1.54, 1.807) is 6.92 Å². The number of aliphatic hydroxyl groups excluding tert-OH is 1. The third kappa shape index (κ3) is 3.25. The van der Waals surface area contributed by atoms with E-state index < -0.39 is 16.1 Å². The molecule has 0 aromatic heterocycles. The highest BCUT2D eigenvalue weighted by Gasteiger charge is 2.28. The van der Waals surface area contributed by atoms with E-state index in [9.17, 15) is 8.42 Å². The van der Waals surface area contributed by atoms with Gasteiger partial charge in [-0.3, -0.25) is 0 Å². The molecule has 0 heterocycles. The summed E-state index contributed by atoms with van der Waals surface area (Å²) in [6.07, 6.45) is 2.90. The van der Waals surface area contributed by atoms with E-state index in [2.05, 4.69) is 4.72 Å². The first-order valence-electron chi connectivity index (χ1n) is 4.69. The zero-order valence-electron chi connectivity index (χ0n) is 7.86. The normalized spacial score (nSPS) is 22.0. The minimum atomic E-state index is -3.17. The Bertz CT molecular complexity index is 242. The molecule has 0 saturated heterocycles. The lowest BCUT2D eigenvalue weighted by atomic mass is 10.4. The second-order valence-corrected chi connectivity index (χ2v) is 5.69. The zero-order chi connectivity index (χ0) is 9.90. The fraction of sp³-hybridized carbons (Fsp3) is 1.00. The summed E-state index contributed by atoms with van der Waals surface area (Å²) in [6, 6.07) is 0. The van der Waals surface area contributed by atoms with E-state index in [0.29, 0.717) is 0 Å². The van der Waals surface area contributed by atoms with Crippen molar-refractivity contribution in [3.63, 3.8) is 0 Å². The maximum absolute atomic E-state index is 11.5. The molecule has 5 heteroatoms. The second kappa shape index (κ2) is 4.39. The number of hydrogen-bond acceptors (Lipinski definition) is 3. The van der Waals surface area contributed by atoms with Crippen molar-refractivity contribution in [1.29, 1.82) is 0 Å². The fourth-order valence-corrected chi connectivity index (χ4v) is 3.22. The summed E-state index contributed by atoms with van der Waals surface area (Å²) in [5.41, 5.74) is 0. The van der Waals surface area contributed by atoms with Gasteiger partial charge in [-0.05, 0) is 19.8 Å². The van der Waals surface area contributed by atoms with Crippen molar-refractivity contribution in [2.24, 2.45) is 0 Å². The Morgan fingerprint density at radius 3 is 2.46 bits per heavy atom. The second-order valence-electron chi connectivity index (χ2n) is 3.65. The largest absolute Gasteiger partial charge is 0.392 e. The van der Waals surface area contributed by atoms with E-state index in [1.807, 2.05) is 0 Å². The SMILES string of the molecule is CC(O)CNS(=O)(=O)C1CCCC1. The average molecular weight is 207 g/mol. The third-order valence-corrected chi connectivity index (χ3v) is 4.24. The van der Waals surface area contributed by atoms with Crippen LogP contribution in [0.4, 0.5) is 0 Å². The topological polar surface area (TPSA) is 66.4 Å². The predicted octanol–water partition coefficient (Wildman–Crippen LogP) is 0.229. The highest BCUT2D eigenvalue weighted by Crippen LogP contribution is 2.23. The number of rotatable bonds is 4. The van der Waals surface area contributed by atoms with Crippen molar-refractivity contribution in [1.82, 2.24) is 4.72 Å². The first-order valence-corrected chi connectivity index (χ1v) is 6.23. The number of aliphatic hydroxyl groups is 1. The summed E-state index contributed by atoms with van der Waals surface area (Å²) >= 11 is 0. The first kappa shape index (κ1) is 10.9. The van der Waals surface area contributed by atoms with Gasteiger partial charge in [0.2, 0.25) is 10.0 Å². The van der Waals surface area contributed by atoms with Gasteiger partial charge in [0.1, 0.15) is 0 Å². The van der Waals surface area contributed by atoms with Gasteiger partial charge in [0.05, 0.1) is 11.4 Å². The molecular weight excluding hydrogens is 190 g/mol. The van der Waals surface area contributed by atoms with Crippen LogP contribution in [0.5, 0.6) is 0 Å². The Kier molecular flexibility index (Phi) is 3.70. The van der Waals surface area contributed by atoms with E-state index >= 15 is 0 Å². The molecule has 0 aliphatic heterocycles. The van der Waals surface area contributed by atoms with Crippen LogP contribution in [0.15, 0.2) is 0 Å². The summed E-state index contributed by atoms with van der Waals surface area (Å²) in [7, 11) is -3.17. The van der Waals surface area contributed by atoms with Gasteiger partial charge in [0.15, 0.2) is 0 Å². The van der Waals surface area contributed by atoms with Gasteiger partial charge < -0.3 is 5.11 Å². The molecular formula is C8H17NO3S. The Morgan fingerprint density at radius 1 is 1.46 bits per heavy atom. The molecule has 2 N–H and O–H groups in total. The molecule has 1 atom stereocenters. The molecule has 0 aromatic carbocycles. The molecule has 1 aliphatic carbocycles. The lowest BCUT2D eigenvalue weighted by Gasteiger charge is -2.12. The Labute approximate surface area is 79.4 Å². The Morgan fingerprint density at radius 2 is 2.00 bits per heavy atom. The van der Waals surface area contributed by atoms with Gasteiger partial charge in [-0.1, -0.05) is 12.8 Å². The predicted molar refractivity (Wildman–Crippen MR) is 50.9 cm³/mol. The van der Waals surface area contributed by atoms with Crippen LogP contribution in [0, 0.1) is 0 Å². The van der Waals surface area contributed by atoms with Crippen LogP contribution < -0.4 is 4.72 Å². The maximum Gasteiger partial charge on any atom is 0.214 e. The van der Waals surface area contributed by atoms with Gasteiger partial charge in [-0.25, -0.2) is 13.1 Å². The van der Waals surface area contributed by atoms with Gasteiger partial charge in [-0.2, -0.15) is 0 Å². The summed E-state index contributed by atoms with van der Waals surface area (Å²) in [5, 5.41) is 8.70. The molecule has 0 aromatic rings. The van der Waals surface area contributed by atoms with Crippen LogP contribution in [0.1, 0.15) is 32.6 Å². The Hall–Kier alpha value is -0.130. The van der Waals surface area contributed by atoms with Crippen LogP contribution in [0.25, 0.3) is 0 Å². The molecule has 4 nitrogen and oxygen atoms in total. The molecule has 1 aliphatic rings. The van der Waals surface area contributed by atoms with Crippen molar-refractivity contribution in [2.75, 3.05) is 6.54 Å². The van der Waals surface area contributed by atoms with Gasteiger partial charge >= 0.3 is 0 Å². The Balaban J connectivity index is 2.45. The van der Waals surface area contributed by atoms with E-state index in [4.69, 9.17) is 5.11 Å². The van der Waals surface area contributed by atoms with Gasteiger partial charge in [0, 0.05) is 6.54 Å². The van der Waals surface area contributed by atoms with E-state index in [1.165, 1.54) is 0 Å². The van der Waals surface area contributed by atoms with Gasteiger partial charge in [0.25, 0.3) is 0 Å². The molecule has 78 valence electrons. The fourth-order valence-electron chi connectivity index (χ4n) is 1.55. The maximum atomic E-state index is 11.5. The molecule has 0 amide bonds.